The molecule has 10 heavy (non-hydrogen) atoms. The van der Waals surface area contributed by atoms with E-state index in [1.54, 1.807) is 0 Å². The monoisotopic (exact) mass is 137 g/mol. The molecule has 2 heteroatoms. The summed E-state index contributed by atoms with van der Waals surface area (Å²) in [7, 11) is 0. The first-order chi connectivity index (χ1) is 4.88. The molecule has 0 spiro atoms. The van der Waals surface area contributed by atoms with Crippen LogP contribution in [0.5, 0.6) is 0 Å². The van der Waals surface area contributed by atoms with Gasteiger partial charge in [0.15, 0.2) is 6.30 Å². The van der Waals surface area contributed by atoms with Gasteiger partial charge in [-0.1, -0.05) is 24.3 Å². The smallest absolute Gasteiger partial charge is 0.177 e. The molecule has 1 nitrogen and oxygen atoms in total. The van der Waals surface area contributed by atoms with Crippen molar-refractivity contribution >= 4 is 0 Å². The minimum absolute atomic E-state index is 0.664. The van der Waals surface area contributed by atoms with Crippen LogP contribution in [0.4, 0.5) is 4.39 Å². The summed E-state index contributed by atoms with van der Waals surface area (Å²) in [6.07, 6.45) is -0.948. The minimum Gasteiger partial charge on any atom is -0.280 e. The van der Waals surface area contributed by atoms with Crippen LogP contribution in [0.2, 0.25) is 0 Å². The van der Waals surface area contributed by atoms with Crippen molar-refractivity contribution in [2.24, 2.45) is 0 Å². The van der Waals surface area contributed by atoms with Crippen LogP contribution in [0.1, 0.15) is 17.4 Å². The van der Waals surface area contributed by atoms with Crippen molar-refractivity contribution in [3.05, 3.63) is 35.4 Å². The quantitative estimate of drug-likeness (QED) is 0.537. The van der Waals surface area contributed by atoms with E-state index in [1.807, 2.05) is 24.3 Å². The second-order valence-corrected chi connectivity index (χ2v) is 2.44. The third kappa shape index (κ3) is 0.727. The highest BCUT2D eigenvalue weighted by atomic mass is 19.1. The maximum atomic E-state index is 12.8. The van der Waals surface area contributed by atoms with Crippen molar-refractivity contribution in [2.45, 2.75) is 12.8 Å². The molecule has 1 aliphatic heterocycles. The fraction of sp³-hybridized carbons (Fsp3) is 0.250. The molecule has 1 aliphatic rings. The van der Waals surface area contributed by atoms with Gasteiger partial charge in [0.25, 0.3) is 0 Å². The van der Waals surface area contributed by atoms with Gasteiger partial charge in [0.05, 0.1) is 0 Å². The Labute approximate surface area is 58.9 Å². The van der Waals surface area contributed by atoms with Gasteiger partial charge in [-0.05, 0) is 5.56 Å². The first-order valence-corrected chi connectivity index (χ1v) is 3.33. The molecule has 1 aromatic rings. The van der Waals surface area contributed by atoms with E-state index in [0.717, 1.165) is 11.1 Å². The van der Waals surface area contributed by atoms with Gasteiger partial charge >= 0.3 is 0 Å². The highest BCUT2D eigenvalue weighted by Crippen LogP contribution is 2.24. The molecule has 1 heterocycles. The highest BCUT2D eigenvalue weighted by Gasteiger charge is 2.19. The average Bonchev–Trinajstić information content (AvgIpc) is 2.34. The SMILES string of the molecule is F[C@H]1NCc2ccccc21. The second kappa shape index (κ2) is 2.06. The number of nitrogens with one attached hydrogen (secondary N) is 1. The van der Waals surface area contributed by atoms with E-state index in [0.29, 0.717) is 6.54 Å². The van der Waals surface area contributed by atoms with Crippen molar-refractivity contribution < 1.29 is 4.39 Å². The Kier molecular flexibility index (Phi) is 1.21. The van der Waals surface area contributed by atoms with E-state index >= 15 is 0 Å². The Morgan fingerprint density at radius 2 is 2.20 bits per heavy atom. The summed E-state index contributed by atoms with van der Waals surface area (Å²) < 4.78 is 12.8. The molecule has 2 rings (SSSR count). The van der Waals surface area contributed by atoms with Crippen molar-refractivity contribution in [3.63, 3.8) is 0 Å². The van der Waals surface area contributed by atoms with Gasteiger partial charge in [-0.15, -0.1) is 0 Å². The molecule has 0 amide bonds. The lowest BCUT2D eigenvalue weighted by Crippen LogP contribution is -2.05. The molecule has 52 valence electrons. The standard InChI is InChI=1S/C8H8FN/c9-8-7-4-2-1-3-6(7)5-10-8/h1-4,8,10H,5H2/t8-/m0/s1. The van der Waals surface area contributed by atoms with Crippen LogP contribution in [-0.4, -0.2) is 0 Å². The number of hydrogen-bond donors (Lipinski definition) is 1. The molecule has 1 N–H and O–H groups in total. The summed E-state index contributed by atoms with van der Waals surface area (Å²) in [6, 6.07) is 7.55. The second-order valence-electron chi connectivity index (χ2n) is 2.44. The first-order valence-electron chi connectivity index (χ1n) is 3.33. The molecule has 0 fully saturated rings. The van der Waals surface area contributed by atoms with E-state index < -0.39 is 6.30 Å². The van der Waals surface area contributed by atoms with E-state index in [1.165, 1.54) is 0 Å². The largest absolute Gasteiger partial charge is 0.280 e. The van der Waals surface area contributed by atoms with Crippen LogP contribution in [0, 0.1) is 0 Å². The van der Waals surface area contributed by atoms with Gasteiger partial charge in [0.2, 0.25) is 0 Å². The summed E-state index contributed by atoms with van der Waals surface area (Å²) in [4.78, 5) is 0. The van der Waals surface area contributed by atoms with Crippen LogP contribution in [0.15, 0.2) is 24.3 Å². The van der Waals surface area contributed by atoms with E-state index in [-0.39, 0.29) is 0 Å². The normalized spacial score (nSPS) is 22.7. The lowest BCUT2D eigenvalue weighted by atomic mass is 10.1. The first kappa shape index (κ1) is 5.86. The number of halogens is 1. The number of alkyl halides is 1. The van der Waals surface area contributed by atoms with Gasteiger partial charge in [-0.2, -0.15) is 0 Å². The van der Waals surface area contributed by atoms with Crippen molar-refractivity contribution in [2.75, 3.05) is 0 Å². The molecule has 0 bridgehead atoms. The number of fused-ring (bicyclic) bond motifs is 1. The molecular weight excluding hydrogens is 129 g/mol. The molecule has 0 aliphatic carbocycles. The van der Waals surface area contributed by atoms with Crippen LogP contribution in [0.25, 0.3) is 0 Å². The lowest BCUT2D eigenvalue weighted by molar-refractivity contribution is 0.301. The summed E-state index contributed by atoms with van der Waals surface area (Å²) in [5.74, 6) is 0. The Hall–Kier alpha value is -0.890. The lowest BCUT2D eigenvalue weighted by Gasteiger charge is -1.97. The molecule has 0 saturated carbocycles. The van der Waals surface area contributed by atoms with Gasteiger partial charge in [-0.25, -0.2) is 4.39 Å². The Morgan fingerprint density at radius 1 is 1.40 bits per heavy atom. The zero-order valence-electron chi connectivity index (χ0n) is 5.47. The molecule has 0 unspecified atom stereocenters. The predicted octanol–water partition coefficient (Wildman–Crippen LogP) is 1.76. The summed E-state index contributed by atoms with van der Waals surface area (Å²) >= 11 is 0. The summed E-state index contributed by atoms with van der Waals surface area (Å²) in [6.45, 7) is 0.664. The third-order valence-corrected chi connectivity index (χ3v) is 1.80. The van der Waals surface area contributed by atoms with Gasteiger partial charge in [0, 0.05) is 12.1 Å². The van der Waals surface area contributed by atoms with Crippen molar-refractivity contribution in [1.29, 1.82) is 0 Å². The van der Waals surface area contributed by atoms with Crippen LogP contribution in [-0.2, 0) is 6.54 Å². The minimum atomic E-state index is -0.948. The Morgan fingerprint density at radius 3 is 3.00 bits per heavy atom. The molecular formula is C8H8FN. The van der Waals surface area contributed by atoms with Crippen molar-refractivity contribution in [3.8, 4) is 0 Å². The zero-order valence-corrected chi connectivity index (χ0v) is 5.47. The number of hydrogen-bond acceptors (Lipinski definition) is 1. The molecule has 0 saturated heterocycles. The topological polar surface area (TPSA) is 12.0 Å². The summed E-state index contributed by atoms with van der Waals surface area (Å²) in [5.41, 5.74) is 1.87. The van der Waals surface area contributed by atoms with Crippen LogP contribution in [0.3, 0.4) is 0 Å². The number of rotatable bonds is 0. The van der Waals surface area contributed by atoms with E-state index in [4.69, 9.17) is 0 Å². The molecule has 0 radical (unpaired) electrons. The number of benzene rings is 1. The molecule has 0 aromatic heterocycles. The van der Waals surface area contributed by atoms with Gasteiger partial charge in [0.1, 0.15) is 0 Å². The van der Waals surface area contributed by atoms with Gasteiger partial charge in [-0.3, -0.25) is 5.32 Å². The average molecular weight is 137 g/mol. The van der Waals surface area contributed by atoms with Crippen LogP contribution >= 0.6 is 0 Å². The third-order valence-electron chi connectivity index (χ3n) is 1.80. The predicted molar refractivity (Wildman–Crippen MR) is 37.1 cm³/mol. The van der Waals surface area contributed by atoms with E-state index in [9.17, 15) is 4.39 Å². The summed E-state index contributed by atoms with van der Waals surface area (Å²) in [5, 5.41) is 2.72. The van der Waals surface area contributed by atoms with Crippen molar-refractivity contribution in [1.82, 2.24) is 5.32 Å². The zero-order chi connectivity index (χ0) is 6.97. The van der Waals surface area contributed by atoms with E-state index in [2.05, 4.69) is 5.32 Å². The van der Waals surface area contributed by atoms with Crippen LogP contribution < -0.4 is 5.32 Å². The Bertz CT molecular complexity index is 247. The maximum absolute atomic E-state index is 12.8. The highest BCUT2D eigenvalue weighted by molar-refractivity contribution is 5.31. The maximum Gasteiger partial charge on any atom is 0.177 e. The molecule has 1 atom stereocenters. The van der Waals surface area contributed by atoms with Gasteiger partial charge < -0.3 is 0 Å². The molecule has 1 aromatic carbocycles. The Balaban J connectivity index is 2.51. The fourth-order valence-electron chi connectivity index (χ4n) is 1.25. The fourth-order valence-corrected chi connectivity index (χ4v) is 1.25.